The standard InChI is InChI=1S/C18H17N7O2/c1-26-15-7-13-14(8-16(15)27-2)20-10-21-17(13)18-22-23-24-25(18)9-11-4-3-5-12(19)6-11/h3-8,10H,9,19H2,1-2H3/p+1. The Morgan fingerprint density at radius 1 is 1.04 bits per heavy atom. The van der Waals surface area contributed by atoms with Crippen molar-refractivity contribution in [2.75, 3.05) is 14.2 Å². The molecule has 0 radical (unpaired) electrons. The van der Waals surface area contributed by atoms with E-state index in [1.54, 1.807) is 25.0 Å². The first-order chi connectivity index (χ1) is 13.2. The molecule has 0 saturated heterocycles. The van der Waals surface area contributed by atoms with Crippen molar-refractivity contribution in [3.05, 3.63) is 48.3 Å². The number of quaternary nitrogens is 1. The fourth-order valence-electron chi connectivity index (χ4n) is 2.94. The van der Waals surface area contributed by atoms with Gasteiger partial charge in [-0.2, -0.15) is 0 Å². The molecular weight excluding hydrogens is 346 g/mol. The van der Waals surface area contributed by atoms with Crippen LogP contribution >= 0.6 is 0 Å². The maximum atomic E-state index is 5.41. The average Bonchev–Trinajstić information content (AvgIpc) is 3.14. The normalized spacial score (nSPS) is 10.9. The van der Waals surface area contributed by atoms with Crippen molar-refractivity contribution in [3.63, 3.8) is 0 Å². The van der Waals surface area contributed by atoms with Crippen molar-refractivity contribution in [2.45, 2.75) is 6.54 Å². The minimum absolute atomic E-state index is 0.504. The summed E-state index contributed by atoms with van der Waals surface area (Å²) >= 11 is 0. The Morgan fingerprint density at radius 2 is 1.85 bits per heavy atom. The van der Waals surface area contributed by atoms with Gasteiger partial charge in [0.05, 0.1) is 26.3 Å². The van der Waals surface area contributed by atoms with Crippen molar-refractivity contribution >= 4 is 16.6 Å². The third kappa shape index (κ3) is 3.15. The van der Waals surface area contributed by atoms with Crippen LogP contribution in [0, 0.1) is 0 Å². The van der Waals surface area contributed by atoms with Crippen LogP contribution in [0.15, 0.2) is 42.7 Å². The Labute approximate surface area is 154 Å². The number of rotatable bonds is 5. The van der Waals surface area contributed by atoms with Crippen LogP contribution in [0.2, 0.25) is 0 Å². The zero-order chi connectivity index (χ0) is 18.8. The molecule has 0 bridgehead atoms. The van der Waals surface area contributed by atoms with E-state index < -0.39 is 0 Å². The van der Waals surface area contributed by atoms with E-state index in [9.17, 15) is 0 Å². The van der Waals surface area contributed by atoms with E-state index in [2.05, 4.69) is 31.2 Å². The number of nitrogens with zero attached hydrogens (tertiary/aromatic N) is 6. The predicted octanol–water partition coefficient (Wildman–Crippen LogP) is 1.22. The largest absolute Gasteiger partial charge is 0.493 e. The van der Waals surface area contributed by atoms with Gasteiger partial charge in [0, 0.05) is 17.5 Å². The number of methoxy groups -OCH3 is 2. The monoisotopic (exact) mass is 364 g/mol. The Morgan fingerprint density at radius 3 is 2.63 bits per heavy atom. The summed E-state index contributed by atoms with van der Waals surface area (Å²) in [7, 11) is 3.17. The van der Waals surface area contributed by atoms with Crippen molar-refractivity contribution in [1.29, 1.82) is 0 Å². The maximum Gasteiger partial charge on any atom is 0.201 e. The van der Waals surface area contributed by atoms with Gasteiger partial charge in [-0.3, -0.25) is 0 Å². The summed E-state index contributed by atoms with van der Waals surface area (Å²) in [5, 5.41) is 12.9. The molecule has 0 saturated carbocycles. The van der Waals surface area contributed by atoms with Crippen molar-refractivity contribution < 1.29 is 15.2 Å². The molecule has 9 nitrogen and oxygen atoms in total. The highest BCUT2D eigenvalue weighted by Crippen LogP contribution is 2.34. The maximum absolute atomic E-state index is 5.41. The van der Waals surface area contributed by atoms with Gasteiger partial charge in [0.15, 0.2) is 11.5 Å². The molecule has 4 aromatic rings. The van der Waals surface area contributed by atoms with Crippen molar-refractivity contribution in [2.24, 2.45) is 0 Å². The Kier molecular flexibility index (Phi) is 4.35. The topological polar surface area (TPSA) is 115 Å². The van der Waals surface area contributed by atoms with E-state index >= 15 is 0 Å². The molecule has 0 fully saturated rings. The molecule has 0 aliphatic rings. The summed E-state index contributed by atoms with van der Waals surface area (Å²) in [6.45, 7) is 0.504. The first-order valence-corrected chi connectivity index (χ1v) is 8.23. The van der Waals surface area contributed by atoms with Crippen LogP contribution in [0.1, 0.15) is 5.56 Å². The number of aromatic nitrogens is 6. The van der Waals surface area contributed by atoms with Gasteiger partial charge < -0.3 is 15.2 Å². The van der Waals surface area contributed by atoms with Gasteiger partial charge >= 0.3 is 0 Å². The second kappa shape index (κ2) is 6.96. The molecule has 9 heteroatoms. The lowest BCUT2D eigenvalue weighted by Gasteiger charge is -2.11. The SMILES string of the molecule is COc1cc2ncnc(-c3nnnn3Cc3cccc([NH3+])c3)c2cc1OC. The summed E-state index contributed by atoms with van der Waals surface area (Å²) in [6.07, 6.45) is 1.49. The molecule has 2 aromatic heterocycles. The molecule has 0 amide bonds. The molecular formula is C18H18N7O2+. The second-order valence-corrected chi connectivity index (χ2v) is 5.93. The van der Waals surface area contributed by atoms with Gasteiger partial charge in [-0.25, -0.2) is 14.6 Å². The van der Waals surface area contributed by atoms with E-state index in [4.69, 9.17) is 9.47 Å². The van der Waals surface area contributed by atoms with Gasteiger partial charge in [-0.1, -0.05) is 12.1 Å². The van der Waals surface area contributed by atoms with Gasteiger partial charge in [-0.15, -0.1) is 5.10 Å². The van der Waals surface area contributed by atoms with Crippen LogP contribution in [0.3, 0.4) is 0 Å². The number of fused-ring (bicyclic) bond motifs is 1. The summed E-state index contributed by atoms with van der Waals surface area (Å²) in [5.41, 5.74) is 7.28. The highest BCUT2D eigenvalue weighted by Gasteiger charge is 2.17. The molecule has 0 atom stereocenters. The highest BCUT2D eigenvalue weighted by molar-refractivity contribution is 5.92. The zero-order valence-corrected chi connectivity index (χ0v) is 15.0. The van der Waals surface area contributed by atoms with E-state index in [1.807, 2.05) is 30.3 Å². The minimum atomic E-state index is 0.504. The van der Waals surface area contributed by atoms with Gasteiger partial charge in [0.25, 0.3) is 0 Å². The minimum Gasteiger partial charge on any atom is -0.493 e. The third-order valence-electron chi connectivity index (χ3n) is 4.21. The summed E-state index contributed by atoms with van der Waals surface area (Å²) in [6, 6.07) is 11.5. The summed E-state index contributed by atoms with van der Waals surface area (Å²) < 4.78 is 12.5. The number of benzene rings is 2. The van der Waals surface area contributed by atoms with Crippen LogP contribution in [0.4, 0.5) is 5.69 Å². The van der Waals surface area contributed by atoms with E-state index in [1.165, 1.54) is 6.33 Å². The molecule has 27 heavy (non-hydrogen) atoms. The third-order valence-corrected chi connectivity index (χ3v) is 4.21. The van der Waals surface area contributed by atoms with Crippen LogP contribution in [-0.2, 0) is 6.54 Å². The lowest BCUT2D eigenvalue weighted by atomic mass is 10.1. The van der Waals surface area contributed by atoms with Gasteiger partial charge in [0.1, 0.15) is 17.7 Å². The molecule has 3 N–H and O–H groups in total. The summed E-state index contributed by atoms with van der Waals surface area (Å²) in [4.78, 5) is 8.75. The number of hydrogen-bond donors (Lipinski definition) is 1. The Hall–Kier alpha value is -3.59. The van der Waals surface area contributed by atoms with E-state index in [-0.39, 0.29) is 0 Å². The van der Waals surface area contributed by atoms with Crippen molar-refractivity contribution in [3.8, 4) is 23.0 Å². The lowest BCUT2D eigenvalue weighted by molar-refractivity contribution is -0.254. The predicted molar refractivity (Wildman–Crippen MR) is 97.5 cm³/mol. The van der Waals surface area contributed by atoms with Crippen LogP contribution in [0.5, 0.6) is 11.5 Å². The molecule has 0 aliphatic carbocycles. The fourth-order valence-corrected chi connectivity index (χ4v) is 2.94. The highest BCUT2D eigenvalue weighted by atomic mass is 16.5. The Balaban J connectivity index is 1.83. The van der Waals surface area contributed by atoms with Crippen LogP contribution < -0.4 is 15.2 Å². The first-order valence-electron chi connectivity index (χ1n) is 8.23. The molecule has 2 aromatic carbocycles. The first kappa shape index (κ1) is 16.9. The van der Waals surface area contributed by atoms with Gasteiger partial charge in [0.2, 0.25) is 5.82 Å². The average molecular weight is 364 g/mol. The lowest BCUT2D eigenvalue weighted by Crippen LogP contribution is -2.40. The van der Waals surface area contributed by atoms with Crippen LogP contribution in [0.25, 0.3) is 22.4 Å². The number of ether oxygens (including phenoxy) is 2. The fraction of sp³-hybridized carbons (Fsp3) is 0.167. The molecule has 0 spiro atoms. The number of hydrogen-bond acceptors (Lipinski definition) is 7. The van der Waals surface area contributed by atoms with E-state index in [0.717, 1.165) is 16.6 Å². The number of tetrazole rings is 1. The molecule has 136 valence electrons. The molecule has 2 heterocycles. The molecule has 0 aliphatic heterocycles. The smallest absolute Gasteiger partial charge is 0.201 e. The van der Waals surface area contributed by atoms with E-state index in [0.29, 0.717) is 35.1 Å². The molecule has 4 rings (SSSR count). The molecule has 0 unspecified atom stereocenters. The quantitative estimate of drug-likeness (QED) is 0.566. The van der Waals surface area contributed by atoms with Crippen molar-refractivity contribution in [1.82, 2.24) is 30.2 Å². The van der Waals surface area contributed by atoms with Crippen LogP contribution in [-0.4, -0.2) is 44.4 Å². The zero-order valence-electron chi connectivity index (χ0n) is 15.0. The second-order valence-electron chi connectivity index (χ2n) is 5.93. The van der Waals surface area contributed by atoms with Gasteiger partial charge in [-0.05, 0) is 28.1 Å². The Bertz CT molecular complexity index is 1110. The summed E-state index contributed by atoms with van der Waals surface area (Å²) in [5.74, 6) is 1.73.